The van der Waals surface area contributed by atoms with Gasteiger partial charge >= 0.3 is 0 Å². The summed E-state index contributed by atoms with van der Waals surface area (Å²) in [6.45, 7) is 5.24. The Hall–Kier alpha value is -1.14. The van der Waals surface area contributed by atoms with Crippen LogP contribution in [0.1, 0.15) is 42.7 Å². The first kappa shape index (κ1) is 15.7. The zero-order valence-electron chi connectivity index (χ0n) is 13.6. The quantitative estimate of drug-likeness (QED) is 0.659. The minimum atomic E-state index is 0.523. The number of hydrogen-bond donors (Lipinski definition) is 2. The first-order valence-electron chi connectivity index (χ1n) is 8.36. The van der Waals surface area contributed by atoms with Gasteiger partial charge in [-0.15, -0.1) is 11.3 Å². The van der Waals surface area contributed by atoms with Crippen LogP contribution in [0.4, 0.5) is 0 Å². The Kier molecular flexibility index (Phi) is 5.31. The van der Waals surface area contributed by atoms with Crippen LogP contribution >= 0.6 is 11.3 Å². The topological polar surface area (TPSA) is 52.6 Å². The van der Waals surface area contributed by atoms with Gasteiger partial charge in [0.1, 0.15) is 0 Å². The molecule has 1 aliphatic carbocycles. The lowest BCUT2D eigenvalue weighted by Gasteiger charge is -2.24. The largest absolute Gasteiger partial charge is 0.352 e. The van der Waals surface area contributed by atoms with Crippen molar-refractivity contribution >= 4 is 17.3 Å². The molecule has 1 unspecified atom stereocenters. The average Bonchev–Trinajstić information content (AvgIpc) is 3.25. The van der Waals surface area contributed by atoms with E-state index < -0.39 is 0 Å². The molecule has 0 radical (unpaired) electrons. The predicted octanol–water partition coefficient (Wildman–Crippen LogP) is 2.13. The Morgan fingerprint density at radius 2 is 2.23 bits per heavy atom. The molecule has 6 heteroatoms. The van der Waals surface area contributed by atoms with Gasteiger partial charge in [-0.25, -0.2) is 4.98 Å². The van der Waals surface area contributed by atoms with Crippen molar-refractivity contribution < 1.29 is 0 Å². The van der Waals surface area contributed by atoms with Gasteiger partial charge in [0.05, 0.1) is 17.7 Å². The number of aromatic nitrogens is 1. The molecule has 0 spiro atoms. The van der Waals surface area contributed by atoms with Crippen LogP contribution in [0.3, 0.4) is 0 Å². The van der Waals surface area contributed by atoms with Gasteiger partial charge < -0.3 is 10.6 Å². The van der Waals surface area contributed by atoms with E-state index in [9.17, 15) is 0 Å². The van der Waals surface area contributed by atoms with E-state index in [1.807, 2.05) is 12.6 Å². The van der Waals surface area contributed by atoms with Crippen LogP contribution in [0.15, 0.2) is 10.5 Å². The van der Waals surface area contributed by atoms with Crippen molar-refractivity contribution in [3.05, 3.63) is 16.1 Å². The van der Waals surface area contributed by atoms with E-state index in [0.717, 1.165) is 30.8 Å². The van der Waals surface area contributed by atoms with Crippen molar-refractivity contribution in [2.24, 2.45) is 4.99 Å². The molecule has 1 saturated heterocycles. The molecule has 1 saturated carbocycles. The summed E-state index contributed by atoms with van der Waals surface area (Å²) >= 11 is 1.70. The number of aliphatic imine (C=N–C) groups is 1. The van der Waals surface area contributed by atoms with E-state index in [1.54, 1.807) is 11.3 Å². The number of likely N-dealkylation sites (tertiary alicyclic amines) is 1. The summed E-state index contributed by atoms with van der Waals surface area (Å²) in [7, 11) is 1.85. The Balaban J connectivity index is 1.46. The summed E-state index contributed by atoms with van der Waals surface area (Å²) in [5.41, 5.74) is 3.01. The van der Waals surface area contributed by atoms with Gasteiger partial charge in [-0.2, -0.15) is 0 Å². The maximum absolute atomic E-state index is 4.36. The third-order valence-corrected chi connectivity index (χ3v) is 5.82. The van der Waals surface area contributed by atoms with Gasteiger partial charge in [0.2, 0.25) is 0 Å². The number of hydrogen-bond acceptors (Lipinski definition) is 4. The molecule has 122 valence electrons. The Morgan fingerprint density at radius 3 is 2.91 bits per heavy atom. The van der Waals surface area contributed by atoms with Crippen LogP contribution in [0.2, 0.25) is 0 Å². The van der Waals surface area contributed by atoms with Crippen molar-refractivity contribution in [3.63, 3.8) is 0 Å². The van der Waals surface area contributed by atoms with Crippen molar-refractivity contribution in [3.8, 4) is 0 Å². The molecule has 22 heavy (non-hydrogen) atoms. The number of nitrogens with one attached hydrogen (secondary N) is 2. The lowest BCUT2D eigenvalue weighted by Crippen LogP contribution is -2.45. The summed E-state index contributed by atoms with van der Waals surface area (Å²) in [5, 5.41) is 7.00. The highest BCUT2D eigenvalue weighted by Crippen LogP contribution is 2.26. The summed E-state index contributed by atoms with van der Waals surface area (Å²) in [6, 6.07) is 1.36. The lowest BCUT2D eigenvalue weighted by molar-refractivity contribution is 0.242. The van der Waals surface area contributed by atoms with Gasteiger partial charge in [0, 0.05) is 37.1 Å². The molecule has 3 rings (SSSR count). The van der Waals surface area contributed by atoms with Crippen LogP contribution in [0.25, 0.3) is 0 Å². The molecule has 1 atom stereocenters. The third-order valence-electron chi connectivity index (χ3n) is 4.89. The van der Waals surface area contributed by atoms with E-state index in [4.69, 9.17) is 0 Å². The molecule has 0 aromatic carbocycles. The number of nitrogens with zero attached hydrogens (tertiary/aromatic N) is 3. The fourth-order valence-corrected chi connectivity index (χ4v) is 4.27. The monoisotopic (exact) mass is 321 g/mol. The van der Waals surface area contributed by atoms with Crippen LogP contribution in [0, 0.1) is 6.92 Å². The van der Waals surface area contributed by atoms with Gasteiger partial charge in [0.25, 0.3) is 0 Å². The third kappa shape index (κ3) is 3.79. The molecule has 2 fully saturated rings. The van der Waals surface area contributed by atoms with Gasteiger partial charge in [-0.3, -0.25) is 9.89 Å². The zero-order chi connectivity index (χ0) is 15.4. The minimum absolute atomic E-state index is 0.523. The van der Waals surface area contributed by atoms with Crippen LogP contribution < -0.4 is 10.6 Å². The van der Waals surface area contributed by atoms with E-state index in [1.165, 1.54) is 43.5 Å². The standard InChI is InChI=1S/C16H27N5S/c1-12-15(22-11-19-12)9-18-16(17-2)20-13-7-8-21(10-13)14-5-3-4-6-14/h11,13-14H,3-10H2,1-2H3,(H2,17,18,20). The van der Waals surface area contributed by atoms with E-state index in [2.05, 4.69) is 32.4 Å². The molecule has 0 bridgehead atoms. The smallest absolute Gasteiger partial charge is 0.191 e. The first-order chi connectivity index (χ1) is 10.8. The van der Waals surface area contributed by atoms with E-state index in [-0.39, 0.29) is 0 Å². The van der Waals surface area contributed by atoms with Crippen LogP contribution in [-0.4, -0.2) is 48.1 Å². The number of aryl methyl sites for hydroxylation is 1. The maximum atomic E-state index is 4.36. The molecular formula is C16H27N5S. The fourth-order valence-electron chi connectivity index (χ4n) is 3.55. The minimum Gasteiger partial charge on any atom is -0.352 e. The summed E-state index contributed by atoms with van der Waals surface area (Å²) in [4.78, 5) is 12.6. The molecule has 1 aromatic rings. The van der Waals surface area contributed by atoms with Crippen molar-refractivity contribution in [1.29, 1.82) is 0 Å². The van der Waals surface area contributed by atoms with Gasteiger partial charge in [0.15, 0.2) is 5.96 Å². The Morgan fingerprint density at radius 1 is 1.41 bits per heavy atom. The zero-order valence-corrected chi connectivity index (χ0v) is 14.5. The highest BCUT2D eigenvalue weighted by molar-refractivity contribution is 7.09. The second kappa shape index (κ2) is 7.42. The van der Waals surface area contributed by atoms with Crippen LogP contribution in [0.5, 0.6) is 0 Å². The molecule has 2 aliphatic rings. The Bertz CT molecular complexity index is 506. The molecule has 0 amide bonds. The molecule has 1 aromatic heterocycles. The maximum Gasteiger partial charge on any atom is 0.191 e. The Labute approximate surface area is 137 Å². The lowest BCUT2D eigenvalue weighted by atomic mass is 10.2. The van der Waals surface area contributed by atoms with E-state index >= 15 is 0 Å². The second-order valence-corrected chi connectivity index (χ2v) is 7.29. The SMILES string of the molecule is CN=C(NCc1scnc1C)NC1CCN(C2CCCC2)C1. The fraction of sp³-hybridized carbons (Fsp3) is 0.750. The normalized spacial score (nSPS) is 24.1. The van der Waals surface area contributed by atoms with Gasteiger partial charge in [-0.05, 0) is 26.2 Å². The molecule has 2 N–H and O–H groups in total. The van der Waals surface area contributed by atoms with Crippen molar-refractivity contribution in [2.75, 3.05) is 20.1 Å². The predicted molar refractivity (Wildman–Crippen MR) is 92.4 cm³/mol. The van der Waals surface area contributed by atoms with Crippen molar-refractivity contribution in [1.82, 2.24) is 20.5 Å². The number of guanidine groups is 1. The molecular weight excluding hydrogens is 294 g/mol. The van der Waals surface area contributed by atoms with Crippen LogP contribution in [-0.2, 0) is 6.54 Å². The second-order valence-electron chi connectivity index (χ2n) is 6.35. The number of thiazole rings is 1. The average molecular weight is 321 g/mol. The highest BCUT2D eigenvalue weighted by Gasteiger charge is 2.30. The summed E-state index contributed by atoms with van der Waals surface area (Å²) in [6.07, 6.45) is 6.83. The van der Waals surface area contributed by atoms with Crippen molar-refractivity contribution in [2.45, 2.75) is 57.7 Å². The molecule has 5 nitrogen and oxygen atoms in total. The summed E-state index contributed by atoms with van der Waals surface area (Å²) in [5.74, 6) is 0.908. The molecule has 2 heterocycles. The first-order valence-corrected chi connectivity index (χ1v) is 9.24. The molecule has 1 aliphatic heterocycles. The van der Waals surface area contributed by atoms with E-state index in [0.29, 0.717) is 6.04 Å². The van der Waals surface area contributed by atoms with Gasteiger partial charge in [-0.1, -0.05) is 12.8 Å². The summed E-state index contributed by atoms with van der Waals surface area (Å²) < 4.78 is 0. The number of rotatable bonds is 4. The highest BCUT2D eigenvalue weighted by atomic mass is 32.1.